The lowest BCUT2D eigenvalue weighted by Crippen LogP contribution is -2.33. The molecule has 2 rings (SSSR count). The first-order valence-corrected chi connectivity index (χ1v) is 8.96. The number of hydrogen-bond donors (Lipinski definition) is 1. The Hall–Kier alpha value is -0.820. The van der Waals surface area contributed by atoms with Gasteiger partial charge in [-0.05, 0) is 26.7 Å². The van der Waals surface area contributed by atoms with Crippen LogP contribution in [0.4, 0.5) is 5.13 Å². The van der Waals surface area contributed by atoms with Gasteiger partial charge in [0, 0.05) is 19.1 Å². The molecule has 0 saturated carbocycles. The molecule has 1 fully saturated rings. The van der Waals surface area contributed by atoms with Gasteiger partial charge in [0.25, 0.3) is 0 Å². The van der Waals surface area contributed by atoms with Crippen molar-refractivity contribution in [2.75, 3.05) is 24.2 Å². The standard InChI is InChI=1S/C13H22N4OS2/c1-10(2)14-12-15-16-13(20-12)19-9-11(18)17-7-5-3-4-6-8-17/h10H,3-9H2,1-2H3,(H,14,15). The maximum atomic E-state index is 12.2. The summed E-state index contributed by atoms with van der Waals surface area (Å²) in [4.78, 5) is 14.1. The van der Waals surface area contributed by atoms with Gasteiger partial charge in [-0.25, -0.2) is 0 Å². The zero-order valence-corrected chi connectivity index (χ0v) is 13.7. The van der Waals surface area contributed by atoms with Crippen molar-refractivity contribution in [2.24, 2.45) is 0 Å². The molecule has 0 unspecified atom stereocenters. The predicted octanol–water partition coefficient (Wildman–Crippen LogP) is 2.85. The van der Waals surface area contributed by atoms with Crippen LogP contribution in [0.25, 0.3) is 0 Å². The van der Waals surface area contributed by atoms with Crippen molar-refractivity contribution in [1.29, 1.82) is 0 Å². The van der Waals surface area contributed by atoms with Crippen LogP contribution in [0, 0.1) is 0 Å². The zero-order valence-electron chi connectivity index (χ0n) is 12.1. The highest BCUT2D eigenvalue weighted by Gasteiger charge is 2.16. The van der Waals surface area contributed by atoms with Crippen molar-refractivity contribution in [1.82, 2.24) is 15.1 Å². The number of rotatable bonds is 5. The molecule has 0 bridgehead atoms. The topological polar surface area (TPSA) is 58.1 Å². The molecular weight excluding hydrogens is 292 g/mol. The summed E-state index contributed by atoms with van der Waals surface area (Å²) < 4.78 is 0.858. The highest BCUT2D eigenvalue weighted by Crippen LogP contribution is 2.26. The number of carbonyl (C=O) groups is 1. The zero-order chi connectivity index (χ0) is 14.4. The van der Waals surface area contributed by atoms with Gasteiger partial charge in [-0.15, -0.1) is 10.2 Å². The van der Waals surface area contributed by atoms with E-state index in [0.717, 1.165) is 35.4 Å². The van der Waals surface area contributed by atoms with E-state index in [4.69, 9.17) is 0 Å². The second kappa shape index (κ2) is 7.83. The second-order valence-electron chi connectivity index (χ2n) is 5.26. The normalized spacial score (nSPS) is 16.2. The highest BCUT2D eigenvalue weighted by molar-refractivity contribution is 8.01. The Bertz CT molecular complexity index is 428. The van der Waals surface area contributed by atoms with E-state index in [1.54, 1.807) is 0 Å². The number of carbonyl (C=O) groups excluding carboxylic acids is 1. The summed E-state index contributed by atoms with van der Waals surface area (Å²) in [6.07, 6.45) is 4.77. The van der Waals surface area contributed by atoms with Crippen LogP contribution in [0.2, 0.25) is 0 Å². The van der Waals surface area contributed by atoms with Crippen molar-refractivity contribution >= 4 is 34.1 Å². The van der Waals surface area contributed by atoms with Gasteiger partial charge in [0.2, 0.25) is 11.0 Å². The smallest absolute Gasteiger partial charge is 0.233 e. The summed E-state index contributed by atoms with van der Waals surface area (Å²) in [5.41, 5.74) is 0. The lowest BCUT2D eigenvalue weighted by molar-refractivity contribution is -0.128. The molecule has 1 aliphatic heterocycles. The van der Waals surface area contributed by atoms with Gasteiger partial charge in [-0.2, -0.15) is 0 Å². The Balaban J connectivity index is 1.78. The van der Waals surface area contributed by atoms with Crippen LogP contribution in [-0.4, -0.2) is 45.9 Å². The minimum atomic E-state index is 0.227. The molecule has 1 N–H and O–H groups in total. The van der Waals surface area contributed by atoms with Crippen molar-refractivity contribution in [3.8, 4) is 0 Å². The van der Waals surface area contributed by atoms with Gasteiger partial charge in [0.05, 0.1) is 5.75 Å². The molecular formula is C13H22N4OS2. The monoisotopic (exact) mass is 314 g/mol. The fraction of sp³-hybridized carbons (Fsp3) is 0.769. The van der Waals surface area contributed by atoms with Crippen LogP contribution >= 0.6 is 23.1 Å². The van der Waals surface area contributed by atoms with Gasteiger partial charge >= 0.3 is 0 Å². The molecule has 0 atom stereocenters. The van der Waals surface area contributed by atoms with Crippen molar-refractivity contribution in [3.05, 3.63) is 0 Å². The molecule has 1 aromatic rings. The highest BCUT2D eigenvalue weighted by atomic mass is 32.2. The number of nitrogens with zero attached hydrogens (tertiary/aromatic N) is 3. The molecule has 1 saturated heterocycles. The average molecular weight is 314 g/mol. The predicted molar refractivity (Wildman–Crippen MR) is 84.4 cm³/mol. The van der Waals surface area contributed by atoms with Gasteiger partial charge in [0.1, 0.15) is 0 Å². The van der Waals surface area contributed by atoms with Crippen molar-refractivity contribution in [2.45, 2.75) is 49.9 Å². The lowest BCUT2D eigenvalue weighted by atomic mass is 10.2. The average Bonchev–Trinajstić information content (AvgIpc) is 2.67. The summed E-state index contributed by atoms with van der Waals surface area (Å²) in [5.74, 6) is 0.696. The van der Waals surface area contributed by atoms with Crippen LogP contribution in [0.5, 0.6) is 0 Å². The van der Waals surface area contributed by atoms with E-state index in [1.807, 2.05) is 4.90 Å². The first-order chi connectivity index (χ1) is 9.65. The molecule has 0 spiro atoms. The number of aromatic nitrogens is 2. The molecule has 0 aromatic carbocycles. The van der Waals surface area contributed by atoms with E-state index < -0.39 is 0 Å². The van der Waals surface area contributed by atoms with E-state index in [0.29, 0.717) is 11.8 Å². The summed E-state index contributed by atoms with van der Waals surface area (Å²) >= 11 is 3.00. The number of nitrogens with one attached hydrogen (secondary N) is 1. The third-order valence-electron chi connectivity index (χ3n) is 3.10. The number of anilines is 1. The maximum absolute atomic E-state index is 12.2. The fourth-order valence-electron chi connectivity index (χ4n) is 2.11. The minimum absolute atomic E-state index is 0.227. The first-order valence-electron chi connectivity index (χ1n) is 7.16. The lowest BCUT2D eigenvalue weighted by Gasteiger charge is -2.19. The summed E-state index contributed by atoms with van der Waals surface area (Å²) in [5, 5.41) is 12.2. The molecule has 1 aliphatic rings. The van der Waals surface area contributed by atoms with Gasteiger partial charge < -0.3 is 10.2 Å². The number of amides is 1. The Morgan fingerprint density at radius 1 is 1.30 bits per heavy atom. The van der Waals surface area contributed by atoms with E-state index in [9.17, 15) is 4.79 Å². The Labute approximate surface area is 128 Å². The number of hydrogen-bond acceptors (Lipinski definition) is 6. The van der Waals surface area contributed by atoms with Gasteiger partial charge in [-0.3, -0.25) is 4.79 Å². The summed E-state index contributed by atoms with van der Waals surface area (Å²) in [7, 11) is 0. The SMILES string of the molecule is CC(C)Nc1nnc(SCC(=O)N2CCCCCC2)s1. The third kappa shape index (κ3) is 4.94. The fourth-order valence-corrected chi connectivity index (χ4v) is 3.91. The van der Waals surface area contributed by atoms with E-state index in [2.05, 4.69) is 29.4 Å². The molecule has 0 aliphatic carbocycles. The Kier molecular flexibility index (Phi) is 6.09. The van der Waals surface area contributed by atoms with E-state index in [-0.39, 0.29) is 5.91 Å². The molecule has 2 heterocycles. The molecule has 1 aromatic heterocycles. The van der Waals surface area contributed by atoms with Crippen LogP contribution in [0.3, 0.4) is 0 Å². The number of thioether (sulfide) groups is 1. The van der Waals surface area contributed by atoms with Crippen LogP contribution < -0.4 is 5.32 Å². The van der Waals surface area contributed by atoms with E-state index >= 15 is 0 Å². The summed E-state index contributed by atoms with van der Waals surface area (Å²) in [6, 6.07) is 0.347. The van der Waals surface area contributed by atoms with Crippen LogP contribution in [0.15, 0.2) is 4.34 Å². The molecule has 5 nitrogen and oxygen atoms in total. The number of likely N-dealkylation sites (tertiary alicyclic amines) is 1. The van der Waals surface area contributed by atoms with Crippen LogP contribution in [-0.2, 0) is 4.79 Å². The molecule has 0 radical (unpaired) electrons. The largest absolute Gasteiger partial charge is 0.358 e. The van der Waals surface area contributed by atoms with Gasteiger partial charge in [0.15, 0.2) is 4.34 Å². The Morgan fingerprint density at radius 3 is 2.65 bits per heavy atom. The van der Waals surface area contributed by atoms with E-state index in [1.165, 1.54) is 35.9 Å². The molecule has 7 heteroatoms. The summed E-state index contributed by atoms with van der Waals surface area (Å²) in [6.45, 7) is 5.96. The molecule has 20 heavy (non-hydrogen) atoms. The third-order valence-corrected chi connectivity index (χ3v) is 5.07. The molecule has 112 valence electrons. The maximum Gasteiger partial charge on any atom is 0.233 e. The second-order valence-corrected chi connectivity index (χ2v) is 7.46. The van der Waals surface area contributed by atoms with Gasteiger partial charge in [-0.1, -0.05) is 35.9 Å². The Morgan fingerprint density at radius 2 is 2.00 bits per heavy atom. The first kappa shape index (κ1) is 15.6. The minimum Gasteiger partial charge on any atom is -0.358 e. The van der Waals surface area contributed by atoms with Crippen LogP contribution in [0.1, 0.15) is 39.5 Å². The van der Waals surface area contributed by atoms with Crippen molar-refractivity contribution < 1.29 is 4.79 Å². The molecule has 1 amide bonds. The quantitative estimate of drug-likeness (QED) is 0.847. The van der Waals surface area contributed by atoms with Crippen molar-refractivity contribution in [3.63, 3.8) is 0 Å².